The summed E-state index contributed by atoms with van der Waals surface area (Å²) in [6, 6.07) is 12.5. The minimum Gasteiger partial charge on any atom is -0.311 e. The van der Waals surface area contributed by atoms with Gasteiger partial charge in [0.1, 0.15) is 0 Å². The molecule has 0 aromatic heterocycles. The standard InChI is InChI=1S/C19H29N/c1-14(2)20-19-13-17-11-7-6-10-16(17)12-18(19)15-8-4-3-5-9-15/h3-5,8-9,14,16-20H,6-7,10-13H2,1-2H3/t16-,17+,18-,19+/m1/s1. The van der Waals surface area contributed by atoms with Crippen molar-refractivity contribution in [3.8, 4) is 0 Å². The average molecular weight is 271 g/mol. The molecule has 1 N–H and O–H groups in total. The van der Waals surface area contributed by atoms with Crippen molar-refractivity contribution in [1.82, 2.24) is 5.32 Å². The van der Waals surface area contributed by atoms with Gasteiger partial charge in [0.15, 0.2) is 0 Å². The summed E-state index contributed by atoms with van der Waals surface area (Å²) in [6.45, 7) is 4.57. The van der Waals surface area contributed by atoms with Crippen LogP contribution in [0.25, 0.3) is 0 Å². The van der Waals surface area contributed by atoms with E-state index in [-0.39, 0.29) is 0 Å². The summed E-state index contributed by atoms with van der Waals surface area (Å²) in [6.07, 6.45) is 8.67. The van der Waals surface area contributed by atoms with Crippen LogP contribution in [-0.4, -0.2) is 12.1 Å². The Morgan fingerprint density at radius 2 is 1.60 bits per heavy atom. The van der Waals surface area contributed by atoms with E-state index in [9.17, 15) is 0 Å². The van der Waals surface area contributed by atoms with Crippen molar-refractivity contribution in [3.63, 3.8) is 0 Å². The second-order valence-corrected chi connectivity index (χ2v) is 7.22. The van der Waals surface area contributed by atoms with E-state index in [4.69, 9.17) is 0 Å². The van der Waals surface area contributed by atoms with Crippen LogP contribution in [-0.2, 0) is 0 Å². The number of fused-ring (bicyclic) bond motifs is 1. The minimum atomic E-state index is 0.589. The molecule has 2 saturated carbocycles. The molecule has 0 amide bonds. The number of hydrogen-bond donors (Lipinski definition) is 1. The second kappa shape index (κ2) is 6.30. The van der Waals surface area contributed by atoms with E-state index >= 15 is 0 Å². The Morgan fingerprint density at radius 1 is 0.950 bits per heavy atom. The molecule has 0 aliphatic heterocycles. The SMILES string of the molecule is CC(C)N[C@H]1C[C@@H]2CCCC[C@@H]2C[C@@H]1c1ccccc1. The maximum absolute atomic E-state index is 3.86. The third kappa shape index (κ3) is 3.09. The molecular weight excluding hydrogens is 242 g/mol. The van der Waals surface area contributed by atoms with Crippen LogP contribution in [0.4, 0.5) is 0 Å². The molecule has 1 aromatic rings. The first-order valence-corrected chi connectivity index (χ1v) is 8.55. The number of nitrogens with one attached hydrogen (secondary N) is 1. The largest absolute Gasteiger partial charge is 0.311 e. The Kier molecular flexibility index (Phi) is 4.45. The van der Waals surface area contributed by atoms with Gasteiger partial charge in [-0.3, -0.25) is 0 Å². The molecule has 1 heteroatoms. The van der Waals surface area contributed by atoms with Crippen molar-refractivity contribution in [2.45, 2.75) is 70.4 Å². The minimum absolute atomic E-state index is 0.589. The quantitative estimate of drug-likeness (QED) is 0.837. The van der Waals surface area contributed by atoms with Gasteiger partial charge < -0.3 is 5.32 Å². The smallest absolute Gasteiger partial charge is 0.0141 e. The van der Waals surface area contributed by atoms with Crippen molar-refractivity contribution in [2.75, 3.05) is 0 Å². The third-order valence-electron chi connectivity index (χ3n) is 5.44. The molecule has 2 aliphatic rings. The Bertz CT molecular complexity index is 411. The van der Waals surface area contributed by atoms with E-state index in [0.717, 1.165) is 17.8 Å². The molecule has 0 unspecified atom stereocenters. The fourth-order valence-corrected chi connectivity index (χ4v) is 4.57. The molecule has 2 aliphatic carbocycles. The molecule has 0 saturated heterocycles. The molecule has 110 valence electrons. The molecule has 4 atom stereocenters. The van der Waals surface area contributed by atoms with Crippen LogP contribution >= 0.6 is 0 Å². The normalized spacial score (nSPS) is 34.0. The van der Waals surface area contributed by atoms with Gasteiger partial charge >= 0.3 is 0 Å². The highest BCUT2D eigenvalue weighted by Gasteiger charge is 2.38. The first-order valence-electron chi connectivity index (χ1n) is 8.55. The average Bonchev–Trinajstić information content (AvgIpc) is 2.47. The highest BCUT2D eigenvalue weighted by atomic mass is 14.9. The Hall–Kier alpha value is -0.820. The highest BCUT2D eigenvalue weighted by Crippen LogP contribution is 2.46. The Labute approximate surface area is 124 Å². The summed E-state index contributed by atoms with van der Waals surface area (Å²) < 4.78 is 0. The predicted molar refractivity (Wildman–Crippen MR) is 85.9 cm³/mol. The highest BCUT2D eigenvalue weighted by molar-refractivity contribution is 5.22. The van der Waals surface area contributed by atoms with Crippen LogP contribution in [0.1, 0.15) is 63.9 Å². The summed E-state index contributed by atoms with van der Waals surface area (Å²) in [4.78, 5) is 0. The zero-order chi connectivity index (χ0) is 13.9. The van der Waals surface area contributed by atoms with Gasteiger partial charge in [-0.25, -0.2) is 0 Å². The van der Waals surface area contributed by atoms with E-state index in [0.29, 0.717) is 12.1 Å². The molecular formula is C19H29N. The Morgan fingerprint density at radius 3 is 2.25 bits per heavy atom. The van der Waals surface area contributed by atoms with E-state index in [1.54, 1.807) is 5.56 Å². The zero-order valence-electron chi connectivity index (χ0n) is 13.0. The van der Waals surface area contributed by atoms with Crippen molar-refractivity contribution >= 4 is 0 Å². The van der Waals surface area contributed by atoms with Crippen LogP contribution in [0, 0.1) is 11.8 Å². The van der Waals surface area contributed by atoms with Crippen molar-refractivity contribution < 1.29 is 0 Å². The molecule has 0 radical (unpaired) electrons. The fourth-order valence-electron chi connectivity index (χ4n) is 4.57. The van der Waals surface area contributed by atoms with Crippen molar-refractivity contribution in [1.29, 1.82) is 0 Å². The summed E-state index contributed by atoms with van der Waals surface area (Å²) in [5.74, 6) is 2.69. The molecule has 1 aromatic carbocycles. The maximum atomic E-state index is 3.86. The van der Waals surface area contributed by atoms with Crippen LogP contribution in [0.5, 0.6) is 0 Å². The Balaban J connectivity index is 1.80. The molecule has 0 bridgehead atoms. The van der Waals surface area contributed by atoms with E-state index < -0.39 is 0 Å². The van der Waals surface area contributed by atoms with Gasteiger partial charge in [-0.15, -0.1) is 0 Å². The summed E-state index contributed by atoms with van der Waals surface area (Å²) >= 11 is 0. The summed E-state index contributed by atoms with van der Waals surface area (Å²) in [7, 11) is 0. The first kappa shape index (κ1) is 14.1. The van der Waals surface area contributed by atoms with E-state index in [2.05, 4.69) is 49.5 Å². The van der Waals surface area contributed by atoms with Crippen LogP contribution in [0.3, 0.4) is 0 Å². The maximum Gasteiger partial charge on any atom is 0.0141 e. The van der Waals surface area contributed by atoms with E-state index in [1.165, 1.54) is 38.5 Å². The lowest BCUT2D eigenvalue weighted by atomic mass is 9.64. The first-order chi connectivity index (χ1) is 9.74. The van der Waals surface area contributed by atoms with Crippen molar-refractivity contribution in [2.24, 2.45) is 11.8 Å². The fraction of sp³-hybridized carbons (Fsp3) is 0.684. The molecule has 20 heavy (non-hydrogen) atoms. The third-order valence-corrected chi connectivity index (χ3v) is 5.44. The number of rotatable bonds is 3. The second-order valence-electron chi connectivity index (χ2n) is 7.22. The van der Waals surface area contributed by atoms with Crippen molar-refractivity contribution in [3.05, 3.63) is 35.9 Å². The van der Waals surface area contributed by atoms with Crippen LogP contribution in [0.15, 0.2) is 30.3 Å². The monoisotopic (exact) mass is 271 g/mol. The van der Waals surface area contributed by atoms with Crippen LogP contribution in [0.2, 0.25) is 0 Å². The van der Waals surface area contributed by atoms with Gasteiger partial charge in [-0.1, -0.05) is 69.9 Å². The van der Waals surface area contributed by atoms with E-state index in [1.807, 2.05) is 0 Å². The van der Waals surface area contributed by atoms with Gasteiger partial charge in [0.25, 0.3) is 0 Å². The molecule has 2 fully saturated rings. The van der Waals surface area contributed by atoms with Gasteiger partial charge in [0.05, 0.1) is 0 Å². The number of benzene rings is 1. The molecule has 0 spiro atoms. The summed E-state index contributed by atoms with van der Waals surface area (Å²) in [5, 5.41) is 3.86. The lowest BCUT2D eigenvalue weighted by Gasteiger charge is -2.45. The summed E-state index contributed by atoms with van der Waals surface area (Å²) in [5.41, 5.74) is 1.55. The van der Waals surface area contributed by atoms with Gasteiger partial charge in [0.2, 0.25) is 0 Å². The molecule has 3 rings (SSSR count). The zero-order valence-corrected chi connectivity index (χ0v) is 13.0. The van der Waals surface area contributed by atoms with Crippen LogP contribution < -0.4 is 5.32 Å². The number of hydrogen-bond acceptors (Lipinski definition) is 1. The predicted octanol–water partition coefficient (Wildman–Crippen LogP) is 4.74. The van der Waals surface area contributed by atoms with Gasteiger partial charge in [-0.05, 0) is 36.2 Å². The molecule has 0 heterocycles. The molecule has 1 nitrogen and oxygen atoms in total. The topological polar surface area (TPSA) is 12.0 Å². The lowest BCUT2D eigenvalue weighted by molar-refractivity contribution is 0.122. The van der Waals surface area contributed by atoms with Gasteiger partial charge in [-0.2, -0.15) is 0 Å². The van der Waals surface area contributed by atoms with Gasteiger partial charge in [0, 0.05) is 12.1 Å². The lowest BCUT2D eigenvalue weighted by Crippen LogP contribution is -2.46.